The molecule has 104 valence electrons. The molecule has 0 aliphatic carbocycles. The third-order valence-electron chi connectivity index (χ3n) is 3.49. The van der Waals surface area contributed by atoms with E-state index in [2.05, 4.69) is 11.1 Å². The number of hydrogen-bond acceptors (Lipinski definition) is 0. The van der Waals surface area contributed by atoms with Gasteiger partial charge < -0.3 is 4.98 Å². The van der Waals surface area contributed by atoms with Gasteiger partial charge in [-0.3, -0.25) is 22.3 Å². The average Bonchev–Trinajstić information content (AvgIpc) is 2.90. The Kier molecular flexibility index (Phi) is 2.95. The van der Waals surface area contributed by atoms with Gasteiger partial charge in [-0.2, -0.15) is 0 Å². The lowest BCUT2D eigenvalue weighted by molar-refractivity contribution is -0.115. The van der Waals surface area contributed by atoms with Crippen LogP contribution in [0.5, 0.6) is 0 Å². The van der Waals surface area contributed by atoms with E-state index < -0.39 is 0 Å². The first-order valence-corrected chi connectivity index (χ1v) is 6.54. The van der Waals surface area contributed by atoms with Crippen LogP contribution in [0.4, 0.5) is 0 Å². The van der Waals surface area contributed by atoms with E-state index in [1.54, 1.807) is 0 Å². The number of hydrogen-bond donors (Lipinski definition) is 5. The van der Waals surface area contributed by atoms with Gasteiger partial charge in [0.25, 0.3) is 11.7 Å². The lowest BCUT2D eigenvalue weighted by atomic mass is 10.1. The van der Waals surface area contributed by atoms with Crippen molar-refractivity contribution in [2.45, 2.75) is 0 Å². The standard InChI is InChI=1S/C16H15N5/c17-15(18)10-3-1-9(2-4-10)13-7-11-5-6-12(16(19)20)8-14(11)21-13/h1-8,21H,(H3,17,18)(H3,19,20)/p+2. The van der Waals surface area contributed by atoms with Gasteiger partial charge in [0, 0.05) is 16.6 Å². The molecule has 1 heterocycles. The molecule has 0 fully saturated rings. The molecule has 2 aromatic carbocycles. The van der Waals surface area contributed by atoms with E-state index in [0.717, 1.165) is 33.3 Å². The van der Waals surface area contributed by atoms with Gasteiger partial charge in [-0.25, -0.2) is 0 Å². The number of rotatable bonds is 3. The van der Waals surface area contributed by atoms with Crippen LogP contribution in [0.1, 0.15) is 11.1 Å². The topological polar surface area (TPSA) is 119 Å². The SMILES string of the molecule is NC(=[NH2+])c1ccc(-c2cc3ccc(C(N)=[NH2+])cc3[nH]2)cc1. The highest BCUT2D eigenvalue weighted by Gasteiger charge is 2.08. The van der Waals surface area contributed by atoms with Gasteiger partial charge in [0.05, 0.1) is 11.1 Å². The first kappa shape index (κ1) is 12.9. The summed E-state index contributed by atoms with van der Waals surface area (Å²) in [5, 5.41) is 12.3. The second-order valence-electron chi connectivity index (χ2n) is 4.97. The summed E-state index contributed by atoms with van der Waals surface area (Å²) in [6.07, 6.45) is 0. The lowest BCUT2D eigenvalue weighted by Gasteiger charge is -1.98. The summed E-state index contributed by atoms with van der Waals surface area (Å²) >= 11 is 0. The van der Waals surface area contributed by atoms with Crippen molar-refractivity contribution < 1.29 is 10.8 Å². The van der Waals surface area contributed by atoms with Crippen molar-refractivity contribution in [2.24, 2.45) is 11.5 Å². The van der Waals surface area contributed by atoms with Crippen molar-refractivity contribution in [3.05, 3.63) is 59.7 Å². The highest BCUT2D eigenvalue weighted by Crippen LogP contribution is 2.25. The van der Waals surface area contributed by atoms with Crippen LogP contribution in [-0.4, -0.2) is 16.7 Å². The molecule has 0 atom stereocenters. The zero-order chi connectivity index (χ0) is 15.0. The van der Waals surface area contributed by atoms with Gasteiger partial charge in [0.2, 0.25) is 0 Å². The summed E-state index contributed by atoms with van der Waals surface area (Å²) in [6, 6.07) is 15.7. The van der Waals surface area contributed by atoms with Crippen molar-refractivity contribution >= 4 is 22.6 Å². The molecule has 0 bridgehead atoms. The largest absolute Gasteiger partial charge is 0.355 e. The molecule has 0 spiro atoms. The Bertz CT molecular complexity index is 843. The van der Waals surface area contributed by atoms with Crippen LogP contribution in [0.25, 0.3) is 22.2 Å². The molecule has 21 heavy (non-hydrogen) atoms. The zero-order valence-corrected chi connectivity index (χ0v) is 11.4. The fraction of sp³-hybridized carbons (Fsp3) is 0. The molecule has 0 saturated heterocycles. The normalized spacial score (nSPS) is 10.7. The first-order chi connectivity index (χ1) is 10.0. The molecule has 5 nitrogen and oxygen atoms in total. The van der Waals surface area contributed by atoms with Crippen molar-refractivity contribution in [1.82, 2.24) is 4.98 Å². The second kappa shape index (κ2) is 4.79. The number of nitrogens with one attached hydrogen (secondary N) is 1. The molecule has 3 aromatic rings. The number of benzene rings is 2. The number of nitrogens with two attached hydrogens (primary N) is 4. The van der Waals surface area contributed by atoms with Crippen LogP contribution in [-0.2, 0) is 0 Å². The summed E-state index contributed by atoms with van der Waals surface area (Å²) in [4.78, 5) is 3.36. The van der Waals surface area contributed by atoms with Crippen molar-refractivity contribution in [3.63, 3.8) is 0 Å². The van der Waals surface area contributed by atoms with Crippen LogP contribution in [0.2, 0.25) is 0 Å². The van der Waals surface area contributed by atoms with Gasteiger partial charge in [0.1, 0.15) is 0 Å². The van der Waals surface area contributed by atoms with Gasteiger partial charge >= 0.3 is 0 Å². The number of fused-ring (bicyclic) bond motifs is 1. The Labute approximate surface area is 121 Å². The Morgan fingerprint density at radius 1 is 0.810 bits per heavy atom. The van der Waals surface area contributed by atoms with E-state index in [1.165, 1.54) is 0 Å². The number of H-pyrrole nitrogens is 1. The summed E-state index contributed by atoms with van der Waals surface area (Å²) in [6.45, 7) is 0. The van der Waals surface area contributed by atoms with Crippen LogP contribution < -0.4 is 22.3 Å². The molecular weight excluding hydrogens is 262 g/mol. The molecule has 1 aromatic heterocycles. The number of aromatic nitrogens is 1. The smallest absolute Gasteiger partial charge is 0.270 e. The molecule has 0 radical (unpaired) electrons. The number of amidine groups is 2. The average molecular weight is 279 g/mol. The van der Waals surface area contributed by atoms with Crippen LogP contribution >= 0.6 is 0 Å². The zero-order valence-electron chi connectivity index (χ0n) is 11.4. The number of aromatic amines is 1. The molecule has 0 unspecified atom stereocenters. The molecule has 0 aliphatic rings. The maximum Gasteiger partial charge on any atom is 0.270 e. The van der Waals surface area contributed by atoms with Crippen LogP contribution in [0, 0.1) is 0 Å². The Balaban J connectivity index is 2.04. The van der Waals surface area contributed by atoms with E-state index in [1.807, 2.05) is 42.5 Å². The minimum absolute atomic E-state index is 0.311. The molecule has 0 saturated carbocycles. The third-order valence-corrected chi connectivity index (χ3v) is 3.49. The summed E-state index contributed by atoms with van der Waals surface area (Å²) < 4.78 is 0. The third kappa shape index (κ3) is 2.36. The van der Waals surface area contributed by atoms with Crippen molar-refractivity contribution in [1.29, 1.82) is 0 Å². The minimum Gasteiger partial charge on any atom is -0.355 e. The summed E-state index contributed by atoms with van der Waals surface area (Å²) in [5.41, 5.74) is 15.9. The van der Waals surface area contributed by atoms with Crippen molar-refractivity contribution in [2.75, 3.05) is 0 Å². The fourth-order valence-corrected chi connectivity index (χ4v) is 2.30. The molecule has 0 amide bonds. The molecule has 9 N–H and O–H groups in total. The molecule has 5 heteroatoms. The Morgan fingerprint density at radius 2 is 1.43 bits per heavy atom. The predicted molar refractivity (Wildman–Crippen MR) is 84.2 cm³/mol. The highest BCUT2D eigenvalue weighted by molar-refractivity contribution is 5.98. The summed E-state index contributed by atoms with van der Waals surface area (Å²) in [5.74, 6) is 0.628. The predicted octanol–water partition coefficient (Wildman–Crippen LogP) is -1.24. The van der Waals surface area contributed by atoms with Gasteiger partial charge in [0.15, 0.2) is 0 Å². The van der Waals surface area contributed by atoms with E-state index in [4.69, 9.17) is 22.3 Å². The minimum atomic E-state index is 0.311. The van der Waals surface area contributed by atoms with E-state index in [9.17, 15) is 0 Å². The van der Waals surface area contributed by atoms with Crippen molar-refractivity contribution in [3.8, 4) is 11.3 Å². The molecule has 3 rings (SSSR count). The van der Waals surface area contributed by atoms with E-state index >= 15 is 0 Å². The van der Waals surface area contributed by atoms with E-state index in [0.29, 0.717) is 11.7 Å². The van der Waals surface area contributed by atoms with Gasteiger partial charge in [-0.05, 0) is 35.9 Å². The first-order valence-electron chi connectivity index (χ1n) is 6.54. The Morgan fingerprint density at radius 3 is 2.05 bits per heavy atom. The molecular formula is C16H17N5+2. The fourth-order valence-electron chi connectivity index (χ4n) is 2.30. The second-order valence-corrected chi connectivity index (χ2v) is 4.97. The highest BCUT2D eigenvalue weighted by atomic mass is 14.7. The van der Waals surface area contributed by atoms with Crippen LogP contribution in [0.15, 0.2) is 48.5 Å². The maximum atomic E-state index is 5.62. The van der Waals surface area contributed by atoms with Gasteiger partial charge in [-0.1, -0.05) is 18.2 Å². The Hall–Kier alpha value is -3.08. The lowest BCUT2D eigenvalue weighted by Crippen LogP contribution is -2.46. The monoisotopic (exact) mass is 279 g/mol. The quantitative estimate of drug-likeness (QED) is 0.304. The van der Waals surface area contributed by atoms with Gasteiger partial charge in [-0.15, -0.1) is 0 Å². The maximum absolute atomic E-state index is 5.62. The summed E-state index contributed by atoms with van der Waals surface area (Å²) in [7, 11) is 0. The van der Waals surface area contributed by atoms with E-state index in [-0.39, 0.29) is 0 Å². The molecule has 0 aliphatic heterocycles. The van der Waals surface area contributed by atoms with Crippen LogP contribution in [0.3, 0.4) is 0 Å².